The van der Waals surface area contributed by atoms with Crippen molar-refractivity contribution >= 4 is 32.8 Å². The number of hydrogen-bond acceptors (Lipinski definition) is 2. The largest absolute Gasteiger partial charge is 0.458 e. The van der Waals surface area contributed by atoms with E-state index in [1.807, 2.05) is 12.3 Å². The van der Waals surface area contributed by atoms with Crippen LogP contribution in [0.25, 0.3) is 117 Å². The van der Waals surface area contributed by atoms with Gasteiger partial charge in [-0.1, -0.05) is 217 Å². The number of nitrogens with zero attached hydrogens (tertiary/aromatic N) is 4. The van der Waals surface area contributed by atoms with Gasteiger partial charge in [-0.2, -0.15) is 0 Å². The third kappa shape index (κ3) is 10.2. The predicted molar refractivity (Wildman–Crippen MR) is 352 cm³/mol. The molecule has 0 unspecified atom stereocenters. The molecule has 0 radical (unpaired) electrons. The fourth-order valence-electron chi connectivity index (χ4n) is 12.0. The number of rotatable bonds is 11. The molecule has 0 amide bonds. The highest BCUT2D eigenvalue weighted by Crippen LogP contribution is 2.42. The van der Waals surface area contributed by atoms with Crippen LogP contribution in [0.1, 0.15) is 52.7 Å². The fraction of sp³-hybridized carbons (Fsp3) is 0.100. The second kappa shape index (κ2) is 21.4. The van der Waals surface area contributed by atoms with Gasteiger partial charge in [0.15, 0.2) is 0 Å². The summed E-state index contributed by atoms with van der Waals surface area (Å²) in [4.78, 5) is 4.95. The Bertz CT molecular complexity index is 4530. The first kappa shape index (κ1) is 52.7. The van der Waals surface area contributed by atoms with Crippen molar-refractivity contribution in [1.82, 2.24) is 14.1 Å². The van der Waals surface area contributed by atoms with Gasteiger partial charge in [0.25, 0.3) is 6.33 Å². The smallest absolute Gasteiger partial charge is 0.269 e. The summed E-state index contributed by atoms with van der Waals surface area (Å²) in [6, 6.07) is 98.4. The summed E-state index contributed by atoms with van der Waals surface area (Å²) in [5, 5.41) is 2.30. The topological polar surface area (TPSA) is 35.9 Å². The molecule has 85 heavy (non-hydrogen) atoms. The molecule has 0 N–H and O–H groups in total. The van der Waals surface area contributed by atoms with E-state index in [9.17, 15) is 0 Å². The summed E-state index contributed by atoms with van der Waals surface area (Å²) in [6.07, 6.45) is 5.97. The zero-order valence-electron chi connectivity index (χ0n) is 48.8. The third-order valence-electron chi connectivity index (χ3n) is 16.5. The lowest BCUT2D eigenvalue weighted by molar-refractivity contribution is -0.571. The van der Waals surface area contributed by atoms with Gasteiger partial charge in [0, 0.05) is 23.0 Å². The van der Waals surface area contributed by atoms with Crippen LogP contribution in [-0.2, 0) is 10.8 Å². The summed E-state index contributed by atoms with van der Waals surface area (Å²) in [6.45, 7) is 13.6. The second-order valence-electron chi connectivity index (χ2n) is 24.3. The molecule has 0 saturated carbocycles. The number of fused-ring (bicyclic) bond motifs is 4. The normalized spacial score (nSPS) is 11.9. The van der Waals surface area contributed by atoms with Gasteiger partial charge in [0.1, 0.15) is 17.3 Å². The van der Waals surface area contributed by atoms with Crippen LogP contribution in [0, 0.1) is 6.33 Å². The van der Waals surface area contributed by atoms with Crippen LogP contribution in [0.4, 0.5) is 0 Å². The maximum Gasteiger partial charge on any atom is 0.269 e. The van der Waals surface area contributed by atoms with Gasteiger partial charge in [0.2, 0.25) is 0 Å². The van der Waals surface area contributed by atoms with Crippen LogP contribution in [-0.4, -0.2) is 14.1 Å². The highest BCUT2D eigenvalue weighted by Gasteiger charge is 2.25. The molecular weight excluding hydrogens is 1030 g/mol. The number of aromatic nitrogens is 4. The van der Waals surface area contributed by atoms with Crippen molar-refractivity contribution in [3.05, 3.63) is 297 Å². The Morgan fingerprint density at radius 3 is 1.40 bits per heavy atom. The second-order valence-corrected chi connectivity index (χ2v) is 24.3. The van der Waals surface area contributed by atoms with E-state index in [1.165, 1.54) is 11.1 Å². The molecule has 0 fully saturated rings. The quantitative estimate of drug-likeness (QED) is 0.0956. The summed E-state index contributed by atoms with van der Waals surface area (Å²) >= 11 is 0. The molecule has 5 heteroatoms. The van der Waals surface area contributed by atoms with Gasteiger partial charge >= 0.3 is 0 Å². The third-order valence-corrected chi connectivity index (χ3v) is 16.5. The Morgan fingerprint density at radius 1 is 0.365 bits per heavy atom. The minimum Gasteiger partial charge on any atom is -0.458 e. The summed E-state index contributed by atoms with van der Waals surface area (Å²) in [7, 11) is 0. The Kier molecular flexibility index (Phi) is 13.3. The van der Waals surface area contributed by atoms with Crippen LogP contribution < -0.4 is 9.30 Å². The maximum atomic E-state index is 6.97. The Balaban J connectivity index is 0.981. The average molecular weight is 1100 g/mol. The lowest BCUT2D eigenvalue weighted by Crippen LogP contribution is -2.31. The van der Waals surface area contributed by atoms with E-state index in [4.69, 9.17) is 9.72 Å². The molecule has 14 rings (SSSR count). The number of benzene rings is 11. The first-order valence-corrected chi connectivity index (χ1v) is 29.3. The zero-order valence-corrected chi connectivity index (χ0v) is 48.8. The fourth-order valence-corrected chi connectivity index (χ4v) is 12.0. The molecule has 0 spiro atoms. The molecule has 0 saturated heterocycles. The van der Waals surface area contributed by atoms with E-state index in [0.29, 0.717) is 5.75 Å². The maximum absolute atomic E-state index is 6.97. The zero-order chi connectivity index (χ0) is 57.8. The van der Waals surface area contributed by atoms with Crippen molar-refractivity contribution < 1.29 is 9.30 Å². The van der Waals surface area contributed by atoms with Crippen molar-refractivity contribution in [3.8, 4) is 95.5 Å². The number of ether oxygens (including phenoxy) is 1. The van der Waals surface area contributed by atoms with Crippen molar-refractivity contribution in [3.63, 3.8) is 0 Å². The number of pyridine rings is 1. The lowest BCUT2D eigenvalue weighted by Gasteiger charge is -2.21. The van der Waals surface area contributed by atoms with E-state index in [2.05, 4.69) is 328 Å². The highest BCUT2D eigenvalue weighted by atomic mass is 16.5. The van der Waals surface area contributed by atoms with E-state index >= 15 is 0 Å². The van der Waals surface area contributed by atoms with Crippen molar-refractivity contribution in [2.24, 2.45) is 0 Å². The van der Waals surface area contributed by atoms with Crippen LogP contribution in [0.15, 0.2) is 279 Å². The summed E-state index contributed by atoms with van der Waals surface area (Å²) in [5.74, 6) is 2.31. The molecule has 0 bridgehead atoms. The highest BCUT2D eigenvalue weighted by molar-refractivity contribution is 6.09. The standard InChI is InChI=1S/C80H64N4O/c1-79(2,3)64-37-40-74-76(49-64)82(66-31-21-32-67(51-66)85-68-38-39-72-71-33-19-20-36-73(71)84(75(72)52-68)77-50-65(41-42-81-77)80(4,5)6)53-83(74)78-69(62-45-58(54-23-11-7-12-24-54)43-59(46-62)55-25-13-8-14-26-55)34-22-35-70(78)63-47-60(56-27-15-9-16-28-56)44-61(48-63)57-29-17-10-18-30-57/h7-52H,1-6H3. The van der Waals surface area contributed by atoms with Gasteiger partial charge in [0.05, 0.1) is 33.4 Å². The average Bonchev–Trinajstić information content (AvgIpc) is 2.06. The van der Waals surface area contributed by atoms with Crippen LogP contribution in [0.2, 0.25) is 0 Å². The van der Waals surface area contributed by atoms with E-state index in [1.54, 1.807) is 0 Å². The SMILES string of the molecule is CC(C)(C)c1ccnc(-n2c3ccccc3c3ccc(Oc4cccc(-n5[c-][n+](-c6c(-c7cc(-c8ccccc8)cc(-c8ccccc8)c7)cccc6-c6cc(-c7ccccc7)cc(-c7ccccc7)c6)c6ccc(C(C)(C)C)cc65)c4)cc32)c1. The first-order chi connectivity index (χ1) is 41.4. The van der Waals surface area contributed by atoms with Crippen molar-refractivity contribution in [2.75, 3.05) is 0 Å². The molecule has 14 aromatic rings. The minimum absolute atomic E-state index is 0.0420. The number of hydrogen-bond donors (Lipinski definition) is 0. The Labute approximate surface area is 498 Å². The molecule has 3 aromatic heterocycles. The Morgan fingerprint density at radius 2 is 0.847 bits per heavy atom. The van der Waals surface area contributed by atoms with Crippen molar-refractivity contribution in [2.45, 2.75) is 52.4 Å². The van der Waals surface area contributed by atoms with E-state index in [-0.39, 0.29) is 10.8 Å². The van der Waals surface area contributed by atoms with E-state index < -0.39 is 0 Å². The van der Waals surface area contributed by atoms with Gasteiger partial charge in [-0.3, -0.25) is 13.7 Å². The van der Waals surface area contributed by atoms with Crippen molar-refractivity contribution in [1.29, 1.82) is 0 Å². The molecular formula is C80H64N4O. The lowest BCUT2D eigenvalue weighted by atomic mass is 9.87. The molecule has 0 aliphatic rings. The van der Waals surface area contributed by atoms with Gasteiger partial charge in [-0.25, -0.2) is 4.98 Å². The monoisotopic (exact) mass is 1100 g/mol. The molecule has 11 aromatic carbocycles. The number of imidazole rings is 1. The van der Waals surface area contributed by atoms with Crippen LogP contribution >= 0.6 is 0 Å². The predicted octanol–water partition coefficient (Wildman–Crippen LogP) is 20.6. The van der Waals surface area contributed by atoms with Gasteiger partial charge < -0.3 is 4.74 Å². The minimum atomic E-state index is -0.135. The molecule has 0 atom stereocenters. The summed E-state index contributed by atoms with van der Waals surface area (Å²) in [5.41, 5.74) is 21.9. The van der Waals surface area contributed by atoms with E-state index in [0.717, 1.165) is 123 Å². The van der Waals surface area contributed by atoms with Gasteiger partial charge in [-0.05, 0) is 180 Å². The van der Waals surface area contributed by atoms with Gasteiger partial charge in [-0.15, -0.1) is 0 Å². The molecule has 0 aliphatic carbocycles. The van der Waals surface area contributed by atoms with Crippen LogP contribution in [0.3, 0.4) is 0 Å². The molecule has 5 nitrogen and oxygen atoms in total. The Hall–Kier alpha value is -10.4. The van der Waals surface area contributed by atoms with Crippen LogP contribution in [0.5, 0.6) is 11.5 Å². The molecule has 410 valence electrons. The molecule has 0 aliphatic heterocycles. The summed E-state index contributed by atoms with van der Waals surface area (Å²) < 4.78 is 13.8. The number of para-hydroxylation sites is 2. The molecule has 3 heterocycles. The first-order valence-electron chi connectivity index (χ1n) is 29.3.